The van der Waals surface area contributed by atoms with Crippen LogP contribution in [-0.2, 0) is 0 Å². The summed E-state index contributed by atoms with van der Waals surface area (Å²) in [7, 11) is 0. The lowest BCUT2D eigenvalue weighted by Gasteiger charge is -2.07. The van der Waals surface area contributed by atoms with Crippen LogP contribution < -0.4 is 4.74 Å². The number of aromatic amines is 1. The Bertz CT molecular complexity index is 797. The number of nitrogens with zero attached hydrogens (tertiary/aromatic N) is 2. The van der Waals surface area contributed by atoms with Gasteiger partial charge >= 0.3 is 0 Å². The third kappa shape index (κ3) is 3.16. The number of carbonyl (C=O) groups excluding carboxylic acids is 1. The highest BCUT2D eigenvalue weighted by molar-refractivity contribution is 6.35. The van der Waals surface area contributed by atoms with Crippen molar-refractivity contribution in [3.8, 4) is 17.1 Å². The Morgan fingerprint density at radius 3 is 2.86 bits per heavy atom. The van der Waals surface area contributed by atoms with Gasteiger partial charge in [0.05, 0.1) is 10.7 Å². The van der Waals surface area contributed by atoms with E-state index in [9.17, 15) is 4.79 Å². The van der Waals surface area contributed by atoms with Crippen molar-refractivity contribution in [1.82, 2.24) is 14.8 Å². The number of ether oxygens (including phenoxy) is 1. The fraction of sp³-hybridized carbons (Fsp3) is 0.0667. The van der Waals surface area contributed by atoms with Gasteiger partial charge in [0.25, 0.3) is 5.91 Å². The highest BCUT2D eigenvalue weighted by Gasteiger charge is 2.11. The van der Waals surface area contributed by atoms with Crippen molar-refractivity contribution in [3.05, 3.63) is 58.8 Å². The van der Waals surface area contributed by atoms with Gasteiger partial charge in [-0.05, 0) is 36.4 Å². The van der Waals surface area contributed by atoms with Crippen LogP contribution >= 0.6 is 23.2 Å². The number of hydrogen-bond acceptors (Lipinski definition) is 3. The van der Waals surface area contributed by atoms with Gasteiger partial charge in [-0.25, -0.2) is 4.68 Å². The highest BCUT2D eigenvalue weighted by Crippen LogP contribution is 2.27. The van der Waals surface area contributed by atoms with Crippen LogP contribution in [-0.4, -0.2) is 27.3 Å². The molecule has 0 saturated carbocycles. The Balaban J connectivity index is 1.67. The van der Waals surface area contributed by atoms with Crippen LogP contribution in [0.4, 0.5) is 0 Å². The molecule has 0 aliphatic rings. The molecular formula is C15H11Cl2N3O2. The van der Waals surface area contributed by atoms with Crippen LogP contribution in [0, 0.1) is 0 Å². The summed E-state index contributed by atoms with van der Waals surface area (Å²) < 4.78 is 6.64. The zero-order valence-corrected chi connectivity index (χ0v) is 12.8. The van der Waals surface area contributed by atoms with E-state index in [1.165, 1.54) is 4.68 Å². The molecule has 3 aromatic rings. The van der Waals surface area contributed by atoms with Gasteiger partial charge < -0.3 is 9.72 Å². The summed E-state index contributed by atoms with van der Waals surface area (Å²) in [5, 5.41) is 5.06. The van der Waals surface area contributed by atoms with Crippen molar-refractivity contribution >= 4 is 29.1 Å². The number of nitrogens with one attached hydrogen (secondary N) is 1. The standard InChI is InChI=1S/C15H11Cl2N3O2/c16-10-3-4-14(11(17)8-10)22-9-15(21)20-7-5-13(19-20)12-2-1-6-18-12/h1-8,18H,9H2. The second-order valence-electron chi connectivity index (χ2n) is 4.49. The average molecular weight is 336 g/mol. The number of carbonyl (C=O) groups is 1. The Morgan fingerprint density at radius 1 is 1.27 bits per heavy atom. The van der Waals surface area contributed by atoms with E-state index in [1.807, 2.05) is 12.1 Å². The van der Waals surface area contributed by atoms with Crippen molar-refractivity contribution in [2.75, 3.05) is 6.61 Å². The minimum Gasteiger partial charge on any atom is -0.482 e. The number of benzene rings is 1. The van der Waals surface area contributed by atoms with Crippen LogP contribution in [0.15, 0.2) is 48.8 Å². The second-order valence-corrected chi connectivity index (χ2v) is 5.33. The van der Waals surface area contributed by atoms with Crippen LogP contribution in [0.1, 0.15) is 4.79 Å². The lowest BCUT2D eigenvalue weighted by atomic mass is 10.3. The molecule has 5 nitrogen and oxygen atoms in total. The summed E-state index contributed by atoms with van der Waals surface area (Å²) in [5.41, 5.74) is 1.52. The summed E-state index contributed by atoms with van der Waals surface area (Å²) in [6.45, 7) is -0.173. The Hall–Kier alpha value is -2.24. The molecule has 2 aromatic heterocycles. The molecule has 0 spiro atoms. The van der Waals surface area contributed by atoms with E-state index in [4.69, 9.17) is 27.9 Å². The zero-order valence-electron chi connectivity index (χ0n) is 11.3. The molecule has 0 aliphatic heterocycles. The summed E-state index contributed by atoms with van der Waals surface area (Å²) in [6.07, 6.45) is 3.38. The summed E-state index contributed by atoms with van der Waals surface area (Å²) >= 11 is 11.8. The monoisotopic (exact) mass is 335 g/mol. The predicted molar refractivity (Wildman–Crippen MR) is 84.6 cm³/mol. The lowest BCUT2D eigenvalue weighted by Crippen LogP contribution is -2.19. The normalized spacial score (nSPS) is 10.6. The molecule has 1 N–H and O–H groups in total. The Kier molecular flexibility index (Phi) is 4.18. The first-order valence-electron chi connectivity index (χ1n) is 6.44. The maximum Gasteiger partial charge on any atom is 0.284 e. The second kappa shape index (κ2) is 6.25. The van der Waals surface area contributed by atoms with Crippen molar-refractivity contribution in [1.29, 1.82) is 0 Å². The van der Waals surface area contributed by atoms with E-state index in [2.05, 4.69) is 10.1 Å². The SMILES string of the molecule is O=C(COc1ccc(Cl)cc1Cl)n1ccc(-c2ccc[nH]2)n1. The van der Waals surface area contributed by atoms with Crippen LogP contribution in [0.2, 0.25) is 10.0 Å². The molecule has 0 aliphatic carbocycles. The number of rotatable bonds is 4. The predicted octanol–water partition coefficient (Wildman–Crippen LogP) is 3.90. The molecule has 0 amide bonds. The lowest BCUT2D eigenvalue weighted by molar-refractivity contribution is 0.0821. The first kappa shape index (κ1) is 14.7. The van der Waals surface area contributed by atoms with Crippen LogP contribution in [0.3, 0.4) is 0 Å². The number of halogens is 2. The molecule has 2 heterocycles. The summed E-state index contributed by atoms with van der Waals surface area (Å²) in [6, 6.07) is 10.3. The molecule has 22 heavy (non-hydrogen) atoms. The molecule has 0 fully saturated rings. The summed E-state index contributed by atoms with van der Waals surface area (Å²) in [4.78, 5) is 15.1. The Labute approximate surface area is 136 Å². The van der Waals surface area contributed by atoms with E-state index >= 15 is 0 Å². The van der Waals surface area contributed by atoms with Gasteiger partial charge in [0.1, 0.15) is 11.4 Å². The zero-order chi connectivity index (χ0) is 15.5. The topological polar surface area (TPSA) is 59.9 Å². The number of hydrogen-bond donors (Lipinski definition) is 1. The van der Waals surface area contributed by atoms with E-state index in [-0.39, 0.29) is 12.5 Å². The minimum atomic E-state index is -0.302. The van der Waals surface area contributed by atoms with Crippen molar-refractivity contribution in [2.24, 2.45) is 0 Å². The van der Waals surface area contributed by atoms with Crippen molar-refractivity contribution in [3.63, 3.8) is 0 Å². The molecule has 3 rings (SSSR count). The molecule has 0 unspecified atom stereocenters. The van der Waals surface area contributed by atoms with Gasteiger partial charge in [-0.1, -0.05) is 23.2 Å². The van der Waals surface area contributed by atoms with Gasteiger partial charge in [-0.15, -0.1) is 0 Å². The first-order chi connectivity index (χ1) is 10.6. The van der Waals surface area contributed by atoms with Gasteiger partial charge in [-0.2, -0.15) is 5.10 Å². The quantitative estimate of drug-likeness (QED) is 0.786. The molecule has 1 aromatic carbocycles. The molecule has 0 bridgehead atoms. The van der Waals surface area contributed by atoms with Crippen molar-refractivity contribution < 1.29 is 9.53 Å². The number of aromatic nitrogens is 3. The number of H-pyrrole nitrogens is 1. The van der Waals surface area contributed by atoms with E-state index in [0.717, 1.165) is 5.69 Å². The third-order valence-corrected chi connectivity index (χ3v) is 3.49. The average Bonchev–Trinajstić information content (AvgIpc) is 3.17. The Morgan fingerprint density at radius 2 is 2.14 bits per heavy atom. The molecule has 0 atom stereocenters. The maximum absolute atomic E-state index is 12.1. The summed E-state index contributed by atoms with van der Waals surface area (Å²) in [5.74, 6) is 0.0972. The molecular weight excluding hydrogens is 325 g/mol. The van der Waals surface area contributed by atoms with E-state index in [0.29, 0.717) is 21.5 Å². The first-order valence-corrected chi connectivity index (χ1v) is 7.19. The molecule has 112 valence electrons. The van der Waals surface area contributed by atoms with Gasteiger partial charge in [0, 0.05) is 17.4 Å². The molecule has 7 heteroatoms. The largest absolute Gasteiger partial charge is 0.482 e. The van der Waals surface area contributed by atoms with Crippen LogP contribution in [0.25, 0.3) is 11.4 Å². The minimum absolute atomic E-state index is 0.173. The molecule has 0 saturated heterocycles. The van der Waals surface area contributed by atoms with E-state index in [1.54, 1.807) is 36.7 Å². The maximum atomic E-state index is 12.1. The van der Waals surface area contributed by atoms with Gasteiger partial charge in [0.2, 0.25) is 0 Å². The van der Waals surface area contributed by atoms with Gasteiger partial charge in [0.15, 0.2) is 6.61 Å². The third-order valence-electron chi connectivity index (χ3n) is 2.96. The van der Waals surface area contributed by atoms with Crippen LogP contribution in [0.5, 0.6) is 5.75 Å². The van der Waals surface area contributed by atoms with Gasteiger partial charge in [-0.3, -0.25) is 4.79 Å². The van der Waals surface area contributed by atoms with E-state index < -0.39 is 0 Å². The smallest absolute Gasteiger partial charge is 0.284 e. The fourth-order valence-electron chi connectivity index (χ4n) is 1.89. The fourth-order valence-corrected chi connectivity index (χ4v) is 2.36. The highest BCUT2D eigenvalue weighted by atomic mass is 35.5. The molecule has 0 radical (unpaired) electrons. The van der Waals surface area contributed by atoms with Crippen molar-refractivity contribution in [2.45, 2.75) is 0 Å².